The Morgan fingerprint density at radius 3 is 2.86 bits per heavy atom. The normalized spacial score (nSPS) is 19.1. The SMILES string of the molecule is CN1c2ccc(I)cc2CCS1(=O)=O. The number of rotatable bonds is 0. The molecule has 5 heteroatoms. The predicted octanol–water partition coefficient (Wildman–Crippen LogP) is 1.61. The average Bonchev–Trinajstić information content (AvgIpc) is 2.12. The summed E-state index contributed by atoms with van der Waals surface area (Å²) < 4.78 is 25.6. The van der Waals surface area contributed by atoms with E-state index in [2.05, 4.69) is 22.6 Å². The van der Waals surface area contributed by atoms with E-state index in [1.807, 2.05) is 18.2 Å². The van der Waals surface area contributed by atoms with Crippen molar-refractivity contribution < 1.29 is 8.42 Å². The molecule has 2 rings (SSSR count). The largest absolute Gasteiger partial charge is 0.273 e. The summed E-state index contributed by atoms with van der Waals surface area (Å²) >= 11 is 2.23. The highest BCUT2D eigenvalue weighted by molar-refractivity contribution is 14.1. The summed E-state index contributed by atoms with van der Waals surface area (Å²) in [6.45, 7) is 0. The molecule has 76 valence electrons. The van der Waals surface area contributed by atoms with Crippen LogP contribution in [0, 0.1) is 3.57 Å². The highest BCUT2D eigenvalue weighted by atomic mass is 127. The average molecular weight is 323 g/mol. The standard InChI is InChI=1S/C9H10INO2S/c1-11-9-3-2-8(10)6-7(9)4-5-14(11,12)13/h2-3,6H,4-5H2,1H3. The molecule has 0 saturated heterocycles. The van der Waals surface area contributed by atoms with Crippen molar-refractivity contribution in [3.63, 3.8) is 0 Å². The van der Waals surface area contributed by atoms with E-state index in [0.29, 0.717) is 6.42 Å². The van der Waals surface area contributed by atoms with Crippen LogP contribution in [0.25, 0.3) is 0 Å². The summed E-state index contributed by atoms with van der Waals surface area (Å²) in [5, 5.41) is 0. The van der Waals surface area contributed by atoms with E-state index in [0.717, 1.165) is 14.8 Å². The topological polar surface area (TPSA) is 37.4 Å². The lowest BCUT2D eigenvalue weighted by Crippen LogP contribution is -2.34. The fourth-order valence-electron chi connectivity index (χ4n) is 1.59. The monoisotopic (exact) mass is 323 g/mol. The number of anilines is 1. The van der Waals surface area contributed by atoms with Gasteiger partial charge in [0.05, 0.1) is 11.4 Å². The van der Waals surface area contributed by atoms with E-state index < -0.39 is 10.0 Å². The highest BCUT2D eigenvalue weighted by Crippen LogP contribution is 2.29. The van der Waals surface area contributed by atoms with Crippen molar-refractivity contribution in [2.45, 2.75) is 6.42 Å². The maximum absolute atomic E-state index is 11.6. The van der Waals surface area contributed by atoms with E-state index in [9.17, 15) is 8.42 Å². The van der Waals surface area contributed by atoms with Crippen LogP contribution in [-0.2, 0) is 16.4 Å². The fourth-order valence-corrected chi connectivity index (χ4v) is 3.37. The molecule has 0 aromatic heterocycles. The Labute approximate surface area is 97.3 Å². The summed E-state index contributed by atoms with van der Waals surface area (Å²) in [6, 6.07) is 5.84. The smallest absolute Gasteiger partial charge is 0.235 e. The molecule has 0 saturated carbocycles. The third kappa shape index (κ3) is 1.63. The molecule has 0 bridgehead atoms. The van der Waals surface area contributed by atoms with Crippen LogP contribution < -0.4 is 4.31 Å². The predicted molar refractivity (Wildman–Crippen MR) is 65.1 cm³/mol. The van der Waals surface area contributed by atoms with Gasteiger partial charge in [-0.2, -0.15) is 0 Å². The first-order chi connectivity index (χ1) is 6.50. The molecule has 1 aromatic carbocycles. The molecule has 14 heavy (non-hydrogen) atoms. The molecule has 0 N–H and O–H groups in total. The number of benzene rings is 1. The van der Waals surface area contributed by atoms with Gasteiger partial charge in [0.2, 0.25) is 10.0 Å². The Bertz CT molecular complexity index is 470. The Kier molecular flexibility index (Phi) is 2.46. The lowest BCUT2D eigenvalue weighted by molar-refractivity contribution is 0.591. The van der Waals surface area contributed by atoms with Crippen molar-refractivity contribution >= 4 is 38.3 Å². The van der Waals surface area contributed by atoms with Gasteiger partial charge in [0.15, 0.2) is 0 Å². The van der Waals surface area contributed by atoms with E-state index in [-0.39, 0.29) is 5.75 Å². The van der Waals surface area contributed by atoms with Crippen molar-refractivity contribution in [3.8, 4) is 0 Å². The lowest BCUT2D eigenvalue weighted by Gasteiger charge is -2.27. The van der Waals surface area contributed by atoms with Crippen LogP contribution in [0.15, 0.2) is 18.2 Å². The molecule has 0 unspecified atom stereocenters. The summed E-state index contributed by atoms with van der Waals surface area (Å²) in [6.07, 6.45) is 0.624. The van der Waals surface area contributed by atoms with Gasteiger partial charge in [-0.05, 0) is 52.8 Å². The van der Waals surface area contributed by atoms with Crippen LogP contribution in [0.1, 0.15) is 5.56 Å². The number of hydrogen-bond acceptors (Lipinski definition) is 2. The molecule has 1 aliphatic heterocycles. The minimum atomic E-state index is -3.06. The number of nitrogens with zero attached hydrogens (tertiary/aromatic N) is 1. The maximum Gasteiger partial charge on any atom is 0.235 e. The molecular formula is C9H10INO2S. The number of fused-ring (bicyclic) bond motifs is 1. The molecule has 1 aliphatic rings. The Morgan fingerprint density at radius 1 is 1.43 bits per heavy atom. The van der Waals surface area contributed by atoms with Crippen LogP contribution in [0.4, 0.5) is 5.69 Å². The summed E-state index contributed by atoms with van der Waals surface area (Å²) in [5.74, 6) is 0.219. The van der Waals surface area contributed by atoms with Gasteiger partial charge >= 0.3 is 0 Å². The summed E-state index contributed by atoms with van der Waals surface area (Å²) in [4.78, 5) is 0. The molecular weight excluding hydrogens is 313 g/mol. The molecule has 0 spiro atoms. The van der Waals surface area contributed by atoms with Crippen LogP contribution in [0.5, 0.6) is 0 Å². The third-order valence-corrected chi connectivity index (χ3v) is 4.85. The molecule has 3 nitrogen and oxygen atoms in total. The second-order valence-corrected chi connectivity index (χ2v) is 6.67. The maximum atomic E-state index is 11.6. The molecule has 1 aromatic rings. The molecule has 0 amide bonds. The van der Waals surface area contributed by atoms with Gasteiger partial charge < -0.3 is 0 Å². The van der Waals surface area contributed by atoms with Gasteiger partial charge in [0.1, 0.15) is 0 Å². The number of sulfonamides is 1. The molecule has 0 fully saturated rings. The Morgan fingerprint density at radius 2 is 2.14 bits per heavy atom. The summed E-state index contributed by atoms with van der Waals surface area (Å²) in [7, 11) is -1.45. The number of hydrogen-bond donors (Lipinski definition) is 0. The van der Waals surface area contributed by atoms with E-state index in [1.165, 1.54) is 4.31 Å². The van der Waals surface area contributed by atoms with Crippen molar-refractivity contribution in [1.29, 1.82) is 0 Å². The van der Waals surface area contributed by atoms with Crippen molar-refractivity contribution in [2.24, 2.45) is 0 Å². The van der Waals surface area contributed by atoms with E-state index in [1.54, 1.807) is 7.05 Å². The van der Waals surface area contributed by atoms with Crippen LogP contribution in [0.3, 0.4) is 0 Å². The first-order valence-electron chi connectivity index (χ1n) is 4.26. The van der Waals surface area contributed by atoms with E-state index >= 15 is 0 Å². The second kappa shape index (κ2) is 3.37. The van der Waals surface area contributed by atoms with E-state index in [4.69, 9.17) is 0 Å². The van der Waals surface area contributed by atoms with Crippen LogP contribution in [0.2, 0.25) is 0 Å². The van der Waals surface area contributed by atoms with Crippen LogP contribution >= 0.6 is 22.6 Å². The quantitative estimate of drug-likeness (QED) is 0.681. The van der Waals surface area contributed by atoms with Gasteiger partial charge in [0.25, 0.3) is 0 Å². The third-order valence-electron chi connectivity index (χ3n) is 2.43. The molecule has 0 aliphatic carbocycles. The van der Waals surface area contributed by atoms with Crippen molar-refractivity contribution in [1.82, 2.24) is 0 Å². The minimum absolute atomic E-state index is 0.219. The molecule has 0 radical (unpaired) electrons. The van der Waals surface area contributed by atoms with Crippen molar-refractivity contribution in [3.05, 3.63) is 27.3 Å². The van der Waals surface area contributed by atoms with Gasteiger partial charge in [-0.25, -0.2) is 8.42 Å². The van der Waals surface area contributed by atoms with Gasteiger partial charge in [-0.15, -0.1) is 0 Å². The highest BCUT2D eigenvalue weighted by Gasteiger charge is 2.25. The first kappa shape index (κ1) is 10.2. The zero-order valence-electron chi connectivity index (χ0n) is 7.70. The second-order valence-electron chi connectivity index (χ2n) is 3.31. The molecule has 0 atom stereocenters. The summed E-state index contributed by atoms with van der Waals surface area (Å²) in [5.41, 5.74) is 1.94. The van der Waals surface area contributed by atoms with Crippen LogP contribution in [-0.4, -0.2) is 21.2 Å². The van der Waals surface area contributed by atoms with Gasteiger partial charge in [-0.1, -0.05) is 0 Å². The Balaban J connectivity index is 2.57. The zero-order valence-corrected chi connectivity index (χ0v) is 10.7. The van der Waals surface area contributed by atoms with Gasteiger partial charge in [0, 0.05) is 10.6 Å². The zero-order chi connectivity index (χ0) is 10.3. The number of halogens is 1. The van der Waals surface area contributed by atoms with Gasteiger partial charge in [-0.3, -0.25) is 4.31 Å². The lowest BCUT2D eigenvalue weighted by atomic mass is 10.1. The first-order valence-corrected chi connectivity index (χ1v) is 6.94. The molecule has 1 heterocycles. The fraction of sp³-hybridized carbons (Fsp3) is 0.333. The minimum Gasteiger partial charge on any atom is -0.273 e. The van der Waals surface area contributed by atoms with Crippen molar-refractivity contribution in [2.75, 3.05) is 17.1 Å². The Hall–Kier alpha value is -0.300. The number of aryl methyl sites for hydroxylation is 1.